The Balaban J connectivity index is 1.77. The second-order valence-electron chi connectivity index (χ2n) is 7.01. The first-order valence-electron chi connectivity index (χ1n) is 8.89. The van der Waals surface area contributed by atoms with Crippen molar-refractivity contribution in [3.63, 3.8) is 0 Å². The van der Waals surface area contributed by atoms with E-state index in [9.17, 15) is 19.8 Å². The summed E-state index contributed by atoms with van der Waals surface area (Å²) >= 11 is 1.19. The standard InChI is InChI=1S/C21H23NO4S/c1-14(23)27-13-21(9-8-16-4-2-3-5-17(16)11-21)20(26)22-12-15-6-7-18(24)19(25)10-15/h2-7,10,24-25H,8-9,11-13H2,1H3,(H,22,26). The van der Waals surface area contributed by atoms with Crippen molar-refractivity contribution in [3.8, 4) is 11.5 Å². The smallest absolute Gasteiger partial charge is 0.227 e. The zero-order valence-electron chi connectivity index (χ0n) is 15.2. The van der Waals surface area contributed by atoms with Crippen molar-refractivity contribution in [1.29, 1.82) is 0 Å². The minimum absolute atomic E-state index is 0.00416. The van der Waals surface area contributed by atoms with Crippen LogP contribution in [0.5, 0.6) is 11.5 Å². The number of nitrogens with one attached hydrogen (secondary N) is 1. The highest BCUT2D eigenvalue weighted by Crippen LogP contribution is 2.39. The summed E-state index contributed by atoms with van der Waals surface area (Å²) in [5.41, 5.74) is 2.48. The lowest BCUT2D eigenvalue weighted by Crippen LogP contribution is -2.46. The van der Waals surface area contributed by atoms with Gasteiger partial charge in [0.1, 0.15) is 0 Å². The predicted molar refractivity (Wildman–Crippen MR) is 106 cm³/mol. The zero-order valence-corrected chi connectivity index (χ0v) is 16.0. The molecule has 1 unspecified atom stereocenters. The molecule has 3 rings (SSSR count). The highest BCUT2D eigenvalue weighted by molar-refractivity contribution is 8.13. The molecule has 0 bridgehead atoms. The van der Waals surface area contributed by atoms with E-state index in [-0.39, 0.29) is 29.1 Å². The molecule has 0 spiro atoms. The van der Waals surface area contributed by atoms with Crippen molar-refractivity contribution in [3.05, 3.63) is 59.2 Å². The number of phenols is 2. The Morgan fingerprint density at radius 1 is 1.11 bits per heavy atom. The number of rotatable bonds is 5. The Hall–Kier alpha value is -2.47. The molecular formula is C21H23NO4S. The Labute approximate surface area is 162 Å². The van der Waals surface area contributed by atoms with Gasteiger partial charge in [-0.1, -0.05) is 42.1 Å². The van der Waals surface area contributed by atoms with Crippen LogP contribution in [0.3, 0.4) is 0 Å². The molecular weight excluding hydrogens is 362 g/mol. The van der Waals surface area contributed by atoms with Crippen molar-refractivity contribution in [2.75, 3.05) is 5.75 Å². The fourth-order valence-electron chi connectivity index (χ4n) is 3.47. The normalized spacial score (nSPS) is 18.6. The van der Waals surface area contributed by atoms with Crippen LogP contribution in [0.2, 0.25) is 0 Å². The first kappa shape index (κ1) is 19.3. The molecule has 0 fully saturated rings. The van der Waals surface area contributed by atoms with Gasteiger partial charge in [-0.15, -0.1) is 0 Å². The molecule has 3 N–H and O–H groups in total. The number of fused-ring (bicyclic) bond motifs is 1. The van der Waals surface area contributed by atoms with Crippen molar-refractivity contribution in [1.82, 2.24) is 5.32 Å². The second-order valence-corrected chi connectivity index (χ2v) is 8.16. The van der Waals surface area contributed by atoms with Gasteiger partial charge < -0.3 is 15.5 Å². The summed E-state index contributed by atoms with van der Waals surface area (Å²) < 4.78 is 0. The van der Waals surface area contributed by atoms with Gasteiger partial charge in [0, 0.05) is 19.2 Å². The van der Waals surface area contributed by atoms with E-state index in [1.807, 2.05) is 18.2 Å². The summed E-state index contributed by atoms with van der Waals surface area (Å²) in [4.78, 5) is 24.6. The number of benzene rings is 2. The number of phenolic OH excluding ortho intramolecular Hbond substituents is 2. The lowest BCUT2D eigenvalue weighted by atomic mass is 9.72. The van der Waals surface area contributed by atoms with E-state index in [1.54, 1.807) is 6.07 Å². The number of aryl methyl sites for hydroxylation is 1. The average molecular weight is 385 g/mol. The predicted octanol–water partition coefficient (Wildman–Crippen LogP) is 3.17. The van der Waals surface area contributed by atoms with Gasteiger partial charge in [0.05, 0.1) is 5.41 Å². The van der Waals surface area contributed by atoms with E-state index in [0.717, 1.165) is 12.0 Å². The van der Waals surface area contributed by atoms with Crippen molar-refractivity contribution in [2.45, 2.75) is 32.7 Å². The lowest BCUT2D eigenvalue weighted by molar-refractivity contribution is -0.130. The van der Waals surface area contributed by atoms with Gasteiger partial charge in [0.25, 0.3) is 0 Å². The lowest BCUT2D eigenvalue weighted by Gasteiger charge is -2.36. The van der Waals surface area contributed by atoms with E-state index in [1.165, 1.54) is 36.4 Å². The topological polar surface area (TPSA) is 86.6 Å². The molecule has 5 nitrogen and oxygen atoms in total. The number of carbonyl (C=O) groups excluding carboxylic acids is 2. The Bertz CT molecular complexity index is 867. The van der Waals surface area contributed by atoms with E-state index in [2.05, 4.69) is 11.4 Å². The van der Waals surface area contributed by atoms with Gasteiger partial charge in [-0.25, -0.2) is 0 Å². The Morgan fingerprint density at radius 2 is 1.85 bits per heavy atom. The van der Waals surface area contributed by atoms with Gasteiger partial charge in [0.2, 0.25) is 5.91 Å². The van der Waals surface area contributed by atoms with Crippen LogP contribution in [0.15, 0.2) is 42.5 Å². The molecule has 6 heteroatoms. The van der Waals surface area contributed by atoms with Gasteiger partial charge in [0.15, 0.2) is 16.6 Å². The largest absolute Gasteiger partial charge is 0.504 e. The highest BCUT2D eigenvalue weighted by atomic mass is 32.2. The van der Waals surface area contributed by atoms with Gasteiger partial charge >= 0.3 is 0 Å². The Morgan fingerprint density at radius 3 is 2.56 bits per heavy atom. The average Bonchev–Trinajstić information content (AvgIpc) is 2.66. The molecule has 0 radical (unpaired) electrons. The highest BCUT2D eigenvalue weighted by Gasteiger charge is 2.41. The molecule has 0 saturated heterocycles. The monoisotopic (exact) mass is 385 g/mol. The fourth-order valence-corrected chi connectivity index (χ4v) is 4.33. The summed E-state index contributed by atoms with van der Waals surface area (Å²) in [6, 6.07) is 12.6. The van der Waals surface area contributed by atoms with Crippen molar-refractivity contribution >= 4 is 22.8 Å². The van der Waals surface area contributed by atoms with Crippen molar-refractivity contribution in [2.24, 2.45) is 5.41 Å². The van der Waals surface area contributed by atoms with E-state index >= 15 is 0 Å². The van der Waals surface area contributed by atoms with Crippen LogP contribution in [0.4, 0.5) is 0 Å². The number of carbonyl (C=O) groups is 2. The van der Waals surface area contributed by atoms with Crippen LogP contribution < -0.4 is 5.32 Å². The summed E-state index contributed by atoms with van der Waals surface area (Å²) in [5, 5.41) is 22.0. The van der Waals surface area contributed by atoms with Crippen LogP contribution in [-0.2, 0) is 29.0 Å². The fraction of sp³-hybridized carbons (Fsp3) is 0.333. The summed E-state index contributed by atoms with van der Waals surface area (Å²) in [5.74, 6) is -0.0413. The maximum absolute atomic E-state index is 13.1. The van der Waals surface area contributed by atoms with E-state index < -0.39 is 5.41 Å². The number of amides is 1. The van der Waals surface area contributed by atoms with Crippen LogP contribution >= 0.6 is 11.8 Å². The molecule has 142 valence electrons. The summed E-state index contributed by atoms with van der Waals surface area (Å²) in [6.07, 6.45) is 2.11. The molecule has 1 aliphatic carbocycles. The van der Waals surface area contributed by atoms with Crippen LogP contribution in [0.1, 0.15) is 30.0 Å². The molecule has 2 aromatic rings. The van der Waals surface area contributed by atoms with Crippen LogP contribution in [-0.4, -0.2) is 27.0 Å². The van der Waals surface area contributed by atoms with E-state index in [4.69, 9.17) is 0 Å². The molecule has 1 atom stereocenters. The minimum Gasteiger partial charge on any atom is -0.504 e. The first-order chi connectivity index (χ1) is 12.9. The maximum atomic E-state index is 13.1. The van der Waals surface area contributed by atoms with Crippen molar-refractivity contribution < 1.29 is 19.8 Å². The molecule has 0 saturated carbocycles. The molecule has 0 aliphatic heterocycles. The molecule has 0 heterocycles. The molecule has 1 aliphatic rings. The second kappa shape index (κ2) is 8.05. The molecule has 27 heavy (non-hydrogen) atoms. The SMILES string of the molecule is CC(=O)SCC1(C(=O)NCc2ccc(O)c(O)c2)CCc2ccccc2C1. The third-order valence-corrected chi connectivity index (χ3v) is 6.15. The minimum atomic E-state index is -0.635. The third-order valence-electron chi connectivity index (χ3n) is 5.05. The van der Waals surface area contributed by atoms with Crippen LogP contribution in [0.25, 0.3) is 0 Å². The summed E-state index contributed by atoms with van der Waals surface area (Å²) in [7, 11) is 0. The number of thioether (sulfide) groups is 1. The van der Waals surface area contributed by atoms with Gasteiger partial charge in [-0.2, -0.15) is 0 Å². The van der Waals surface area contributed by atoms with Gasteiger partial charge in [-0.3, -0.25) is 9.59 Å². The molecule has 2 aromatic carbocycles. The first-order valence-corrected chi connectivity index (χ1v) is 9.87. The quantitative estimate of drug-likeness (QED) is 0.688. The Kier molecular flexibility index (Phi) is 5.75. The third kappa shape index (κ3) is 4.45. The number of hydrogen-bond acceptors (Lipinski definition) is 5. The van der Waals surface area contributed by atoms with Crippen LogP contribution in [0, 0.1) is 5.41 Å². The number of aromatic hydroxyl groups is 2. The molecule has 1 amide bonds. The number of hydrogen-bond donors (Lipinski definition) is 3. The molecule has 0 aromatic heterocycles. The zero-order chi connectivity index (χ0) is 19.4. The van der Waals surface area contributed by atoms with E-state index in [0.29, 0.717) is 24.2 Å². The summed E-state index contributed by atoms with van der Waals surface area (Å²) in [6.45, 7) is 1.77. The van der Waals surface area contributed by atoms with Gasteiger partial charge in [-0.05, 0) is 48.1 Å². The maximum Gasteiger partial charge on any atom is 0.227 e.